The first-order valence-corrected chi connectivity index (χ1v) is 5.43. The number of benzene rings is 1. The van der Waals surface area contributed by atoms with Crippen LogP contribution in [0.3, 0.4) is 0 Å². The first-order chi connectivity index (χ1) is 7.29. The quantitative estimate of drug-likeness (QED) is 0.636. The molecule has 3 aromatic rings. The van der Waals surface area contributed by atoms with Crippen LogP contribution in [0.25, 0.3) is 21.1 Å². The fraction of sp³-hybridized carbons (Fsp3) is 0.0909. The topological polar surface area (TPSA) is 45.8 Å². The summed E-state index contributed by atoms with van der Waals surface area (Å²) < 4.78 is 1.13. The van der Waals surface area contributed by atoms with Gasteiger partial charge in [0.1, 0.15) is 0 Å². The molecule has 0 aliphatic carbocycles. The highest BCUT2D eigenvalue weighted by molar-refractivity contribution is 7.18. The van der Waals surface area contributed by atoms with E-state index >= 15 is 0 Å². The molecule has 0 amide bonds. The van der Waals surface area contributed by atoms with Crippen LogP contribution in [0.1, 0.15) is 15.4 Å². The fourth-order valence-corrected chi connectivity index (χ4v) is 2.67. The van der Waals surface area contributed by atoms with Gasteiger partial charge < -0.3 is 4.98 Å². The number of carbonyl (C=O) groups is 1. The number of hydrogen-bond donors (Lipinski definition) is 1. The van der Waals surface area contributed by atoms with Gasteiger partial charge in [-0.15, -0.1) is 11.3 Å². The molecule has 0 saturated heterocycles. The van der Waals surface area contributed by atoms with Gasteiger partial charge in [0, 0.05) is 22.7 Å². The van der Waals surface area contributed by atoms with Gasteiger partial charge in [0.2, 0.25) is 0 Å². The second-order valence-electron chi connectivity index (χ2n) is 3.43. The Morgan fingerprint density at radius 3 is 3.13 bits per heavy atom. The number of nitrogens with zero attached hydrogens (tertiary/aromatic N) is 1. The van der Waals surface area contributed by atoms with Crippen LogP contribution in [0.2, 0.25) is 0 Å². The van der Waals surface area contributed by atoms with Gasteiger partial charge in [-0.2, -0.15) is 0 Å². The summed E-state index contributed by atoms with van der Waals surface area (Å²) in [5.74, 6) is 0. The molecule has 74 valence electrons. The third-order valence-electron chi connectivity index (χ3n) is 2.47. The maximum Gasteiger partial charge on any atom is 0.152 e. The van der Waals surface area contributed by atoms with E-state index in [1.165, 1.54) is 0 Å². The molecule has 1 aromatic carbocycles. The molecule has 0 radical (unpaired) electrons. The number of aryl methyl sites for hydroxylation is 1. The summed E-state index contributed by atoms with van der Waals surface area (Å²) in [6, 6.07) is 4.02. The van der Waals surface area contributed by atoms with Gasteiger partial charge in [-0.1, -0.05) is 0 Å². The van der Waals surface area contributed by atoms with E-state index in [1.54, 1.807) is 17.5 Å². The van der Waals surface area contributed by atoms with Crippen LogP contribution < -0.4 is 0 Å². The van der Waals surface area contributed by atoms with Crippen molar-refractivity contribution in [2.45, 2.75) is 6.92 Å². The van der Waals surface area contributed by atoms with Crippen molar-refractivity contribution >= 4 is 38.7 Å². The molecule has 3 rings (SSSR count). The standard InChI is InChI=1S/C11H8N2OS/c1-6-13-11-9(15-6)3-2-8-10(11)7(5-14)4-12-8/h2-5,12H,1H3. The molecule has 0 fully saturated rings. The molecule has 0 bridgehead atoms. The van der Waals surface area contributed by atoms with Crippen molar-refractivity contribution in [3.05, 3.63) is 28.9 Å². The van der Waals surface area contributed by atoms with Crippen molar-refractivity contribution in [2.75, 3.05) is 0 Å². The largest absolute Gasteiger partial charge is 0.360 e. The second kappa shape index (κ2) is 2.90. The van der Waals surface area contributed by atoms with Gasteiger partial charge in [0.25, 0.3) is 0 Å². The van der Waals surface area contributed by atoms with E-state index in [1.807, 2.05) is 19.1 Å². The zero-order chi connectivity index (χ0) is 10.4. The van der Waals surface area contributed by atoms with Crippen molar-refractivity contribution in [2.24, 2.45) is 0 Å². The molecular formula is C11H8N2OS. The molecule has 3 nitrogen and oxygen atoms in total. The number of fused-ring (bicyclic) bond motifs is 3. The molecule has 0 aliphatic heterocycles. The lowest BCUT2D eigenvalue weighted by Gasteiger charge is -1.92. The van der Waals surface area contributed by atoms with Crippen molar-refractivity contribution in [1.29, 1.82) is 0 Å². The molecule has 0 aliphatic rings. The molecule has 0 atom stereocenters. The number of carbonyl (C=O) groups excluding carboxylic acids is 1. The number of nitrogens with one attached hydrogen (secondary N) is 1. The summed E-state index contributed by atoms with van der Waals surface area (Å²) in [4.78, 5) is 18.4. The Morgan fingerprint density at radius 2 is 2.33 bits per heavy atom. The molecule has 0 spiro atoms. The maximum absolute atomic E-state index is 10.9. The van der Waals surface area contributed by atoms with E-state index in [4.69, 9.17) is 0 Å². The van der Waals surface area contributed by atoms with Gasteiger partial charge in [0.05, 0.1) is 15.2 Å². The number of aldehydes is 1. The second-order valence-corrected chi connectivity index (χ2v) is 4.66. The highest BCUT2D eigenvalue weighted by atomic mass is 32.1. The van der Waals surface area contributed by atoms with E-state index in [-0.39, 0.29) is 0 Å². The Morgan fingerprint density at radius 1 is 1.47 bits per heavy atom. The smallest absolute Gasteiger partial charge is 0.152 e. The minimum Gasteiger partial charge on any atom is -0.360 e. The van der Waals surface area contributed by atoms with E-state index in [0.717, 1.165) is 32.4 Å². The van der Waals surface area contributed by atoms with Crippen LogP contribution in [0, 0.1) is 6.92 Å². The molecular weight excluding hydrogens is 208 g/mol. The average molecular weight is 216 g/mol. The van der Waals surface area contributed by atoms with Crippen LogP contribution in [0.4, 0.5) is 0 Å². The SMILES string of the molecule is Cc1nc2c(ccc3[nH]cc(C=O)c32)s1. The first-order valence-electron chi connectivity index (χ1n) is 4.62. The summed E-state index contributed by atoms with van der Waals surface area (Å²) >= 11 is 1.65. The zero-order valence-corrected chi connectivity index (χ0v) is 8.89. The molecule has 1 N–H and O–H groups in total. The minimum atomic E-state index is 0.681. The fourth-order valence-electron chi connectivity index (χ4n) is 1.84. The molecule has 4 heteroatoms. The maximum atomic E-state index is 10.9. The highest BCUT2D eigenvalue weighted by Gasteiger charge is 2.10. The van der Waals surface area contributed by atoms with E-state index < -0.39 is 0 Å². The molecule has 0 saturated carbocycles. The minimum absolute atomic E-state index is 0.681. The Balaban J connectivity index is 2.60. The van der Waals surface area contributed by atoms with Gasteiger partial charge >= 0.3 is 0 Å². The van der Waals surface area contributed by atoms with E-state index in [9.17, 15) is 4.79 Å². The monoisotopic (exact) mass is 216 g/mol. The molecule has 2 heterocycles. The molecule has 0 unspecified atom stereocenters. The van der Waals surface area contributed by atoms with Crippen LogP contribution in [-0.2, 0) is 0 Å². The predicted molar refractivity (Wildman–Crippen MR) is 61.6 cm³/mol. The first kappa shape index (κ1) is 8.61. The van der Waals surface area contributed by atoms with Crippen LogP contribution in [0.5, 0.6) is 0 Å². The third kappa shape index (κ3) is 1.11. The van der Waals surface area contributed by atoms with Crippen LogP contribution in [-0.4, -0.2) is 16.3 Å². The van der Waals surface area contributed by atoms with E-state index in [2.05, 4.69) is 9.97 Å². The van der Waals surface area contributed by atoms with Crippen molar-refractivity contribution in [3.63, 3.8) is 0 Å². The van der Waals surface area contributed by atoms with E-state index in [0.29, 0.717) is 5.56 Å². The van der Waals surface area contributed by atoms with Crippen LogP contribution >= 0.6 is 11.3 Å². The average Bonchev–Trinajstić information content (AvgIpc) is 2.78. The zero-order valence-electron chi connectivity index (χ0n) is 8.07. The third-order valence-corrected chi connectivity index (χ3v) is 3.40. The van der Waals surface area contributed by atoms with Gasteiger partial charge in [-0.05, 0) is 19.1 Å². The predicted octanol–water partition coefficient (Wildman–Crippen LogP) is 2.90. The van der Waals surface area contributed by atoms with Gasteiger partial charge in [-0.25, -0.2) is 4.98 Å². The van der Waals surface area contributed by atoms with Gasteiger partial charge in [0.15, 0.2) is 6.29 Å². The molecule has 2 aromatic heterocycles. The Bertz CT molecular complexity index is 666. The lowest BCUT2D eigenvalue weighted by Crippen LogP contribution is -1.77. The number of aromatic nitrogens is 2. The van der Waals surface area contributed by atoms with Crippen molar-refractivity contribution in [3.8, 4) is 0 Å². The summed E-state index contributed by atoms with van der Waals surface area (Å²) in [6.07, 6.45) is 2.60. The Labute approximate surface area is 89.8 Å². The molecule has 15 heavy (non-hydrogen) atoms. The highest BCUT2D eigenvalue weighted by Crippen LogP contribution is 2.30. The number of rotatable bonds is 1. The number of aromatic amines is 1. The number of H-pyrrole nitrogens is 1. The van der Waals surface area contributed by atoms with Crippen molar-refractivity contribution < 1.29 is 4.79 Å². The number of thiazole rings is 1. The summed E-state index contributed by atoms with van der Waals surface area (Å²) in [5.41, 5.74) is 2.58. The lowest BCUT2D eigenvalue weighted by atomic mass is 10.1. The van der Waals surface area contributed by atoms with Crippen LogP contribution in [0.15, 0.2) is 18.3 Å². The van der Waals surface area contributed by atoms with Gasteiger partial charge in [-0.3, -0.25) is 4.79 Å². The normalized spacial score (nSPS) is 11.3. The van der Waals surface area contributed by atoms with Crippen molar-refractivity contribution in [1.82, 2.24) is 9.97 Å². The number of hydrogen-bond acceptors (Lipinski definition) is 3. The Kier molecular flexibility index (Phi) is 1.67. The summed E-state index contributed by atoms with van der Waals surface area (Å²) in [7, 11) is 0. The Hall–Kier alpha value is -1.68. The lowest BCUT2D eigenvalue weighted by molar-refractivity contribution is 0.112. The summed E-state index contributed by atoms with van der Waals surface area (Å²) in [6.45, 7) is 1.98. The summed E-state index contributed by atoms with van der Waals surface area (Å²) in [5, 5.41) is 1.96.